The zero-order chi connectivity index (χ0) is 18.8. The molecule has 0 fully saturated rings. The van der Waals surface area contributed by atoms with Crippen molar-refractivity contribution in [1.29, 1.82) is 0 Å². The summed E-state index contributed by atoms with van der Waals surface area (Å²) in [5.74, 6) is -1.77. The molecule has 1 aromatic heterocycles. The maximum atomic E-state index is 14.5. The third kappa shape index (κ3) is 3.34. The van der Waals surface area contributed by atoms with Gasteiger partial charge in [-0.15, -0.1) is 5.10 Å². The number of carboxylic acid groups (broad SMARTS) is 1. The van der Waals surface area contributed by atoms with Gasteiger partial charge in [0.25, 0.3) is 0 Å². The van der Waals surface area contributed by atoms with E-state index in [1.165, 1.54) is 10.6 Å². The number of hydrogen-bond acceptors (Lipinski definition) is 5. The molecule has 9 heteroatoms. The molecule has 1 N–H and O–H groups in total. The van der Waals surface area contributed by atoms with Gasteiger partial charge < -0.3 is 14.6 Å². The van der Waals surface area contributed by atoms with Gasteiger partial charge in [-0.1, -0.05) is 13.3 Å². The fourth-order valence-corrected chi connectivity index (χ4v) is 2.90. The molecule has 0 saturated heterocycles. The van der Waals surface area contributed by atoms with Crippen molar-refractivity contribution in [3.8, 4) is 11.4 Å². The maximum absolute atomic E-state index is 14.5. The Morgan fingerprint density at radius 2 is 2.27 bits per heavy atom. The summed E-state index contributed by atoms with van der Waals surface area (Å²) in [6, 6.07) is 2.07. The monoisotopic (exact) mass is 365 g/mol. The molecule has 3 rings (SSSR count). The summed E-state index contributed by atoms with van der Waals surface area (Å²) >= 11 is 0. The molecule has 140 valence electrons. The number of aromatic carboxylic acids is 1. The van der Waals surface area contributed by atoms with Crippen LogP contribution in [0.15, 0.2) is 16.9 Å². The minimum atomic E-state index is -1.31. The first kappa shape index (κ1) is 18.1. The number of ether oxygens (including phenoxy) is 2. The number of carbonyl (C=O) groups is 1. The van der Waals surface area contributed by atoms with Gasteiger partial charge >= 0.3 is 11.7 Å². The molecule has 0 spiro atoms. The number of nitrogens with zero attached hydrogens (tertiary/aromatic N) is 3. The van der Waals surface area contributed by atoms with Gasteiger partial charge in [0.15, 0.2) is 5.82 Å². The van der Waals surface area contributed by atoms with E-state index in [0.717, 1.165) is 17.2 Å². The molecule has 0 saturated carbocycles. The highest BCUT2D eigenvalue weighted by Gasteiger charge is 2.23. The second-order valence-corrected chi connectivity index (χ2v) is 6.14. The van der Waals surface area contributed by atoms with Crippen molar-refractivity contribution in [2.24, 2.45) is 0 Å². The summed E-state index contributed by atoms with van der Waals surface area (Å²) in [5, 5.41) is 13.4. The highest BCUT2D eigenvalue weighted by Crippen LogP contribution is 2.27. The van der Waals surface area contributed by atoms with E-state index in [1.807, 2.05) is 6.92 Å². The topological polar surface area (TPSA) is 95.6 Å². The first-order valence-electron chi connectivity index (χ1n) is 8.42. The highest BCUT2D eigenvalue weighted by molar-refractivity contribution is 5.91. The average molecular weight is 365 g/mol. The third-order valence-corrected chi connectivity index (χ3v) is 4.16. The predicted molar refractivity (Wildman–Crippen MR) is 89.4 cm³/mol. The molecule has 1 aromatic carbocycles. The number of rotatable bonds is 6. The van der Waals surface area contributed by atoms with Crippen LogP contribution in [0.4, 0.5) is 4.39 Å². The Morgan fingerprint density at radius 1 is 1.50 bits per heavy atom. The van der Waals surface area contributed by atoms with Gasteiger partial charge in [-0.3, -0.25) is 4.57 Å². The van der Waals surface area contributed by atoms with Crippen molar-refractivity contribution in [2.45, 2.75) is 45.9 Å². The fourth-order valence-electron chi connectivity index (χ4n) is 2.90. The molecule has 2 aromatic rings. The van der Waals surface area contributed by atoms with Crippen LogP contribution in [-0.4, -0.2) is 38.1 Å². The lowest BCUT2D eigenvalue weighted by Crippen LogP contribution is -2.29. The van der Waals surface area contributed by atoms with E-state index < -0.39 is 17.5 Å². The third-order valence-electron chi connectivity index (χ3n) is 4.16. The van der Waals surface area contributed by atoms with Crippen molar-refractivity contribution in [2.75, 3.05) is 6.61 Å². The minimum absolute atomic E-state index is 0.00368. The second-order valence-electron chi connectivity index (χ2n) is 6.14. The standard InChI is InChI=1S/C17H20FN3O5/c1-3-4-10(2)26-14-8-13(12(18)7-11(14)16(22)23)21-17(24)20-5-6-25-9-15(20)19-21/h7-8,10H,3-6,9H2,1-2H3,(H,22,23)/t10-/m0/s1. The molecule has 1 aliphatic heterocycles. The molecule has 26 heavy (non-hydrogen) atoms. The Kier molecular flexibility index (Phi) is 5.08. The van der Waals surface area contributed by atoms with Crippen LogP contribution in [0.25, 0.3) is 5.69 Å². The van der Waals surface area contributed by atoms with Gasteiger partial charge in [-0.05, 0) is 19.4 Å². The van der Waals surface area contributed by atoms with E-state index >= 15 is 0 Å². The zero-order valence-electron chi connectivity index (χ0n) is 14.6. The number of carboxylic acids is 1. The number of hydrogen-bond donors (Lipinski definition) is 1. The number of halogens is 1. The fraction of sp³-hybridized carbons (Fsp3) is 0.471. The molecule has 2 heterocycles. The lowest BCUT2D eigenvalue weighted by Gasteiger charge is -2.17. The Hall–Kier alpha value is -2.68. The number of aromatic nitrogens is 3. The van der Waals surface area contributed by atoms with Crippen LogP contribution in [0.2, 0.25) is 0 Å². The lowest BCUT2D eigenvalue weighted by atomic mass is 10.1. The van der Waals surface area contributed by atoms with E-state index in [1.54, 1.807) is 6.92 Å². The van der Waals surface area contributed by atoms with Crippen molar-refractivity contribution in [3.63, 3.8) is 0 Å². The highest BCUT2D eigenvalue weighted by atomic mass is 19.1. The Balaban J connectivity index is 2.09. The first-order chi connectivity index (χ1) is 12.4. The van der Waals surface area contributed by atoms with E-state index in [-0.39, 0.29) is 29.7 Å². The van der Waals surface area contributed by atoms with Crippen LogP contribution in [0, 0.1) is 5.82 Å². The molecule has 1 aliphatic rings. The molecular formula is C17H20FN3O5. The van der Waals surface area contributed by atoms with Gasteiger partial charge in [0.05, 0.1) is 19.3 Å². The van der Waals surface area contributed by atoms with E-state index in [4.69, 9.17) is 9.47 Å². The van der Waals surface area contributed by atoms with Crippen molar-refractivity contribution in [3.05, 3.63) is 39.8 Å². The summed E-state index contributed by atoms with van der Waals surface area (Å²) in [6.07, 6.45) is 1.31. The first-order valence-corrected chi connectivity index (χ1v) is 8.42. The summed E-state index contributed by atoms with van der Waals surface area (Å²) in [7, 11) is 0. The smallest absolute Gasteiger partial charge is 0.350 e. The SMILES string of the molecule is CCC[C@H](C)Oc1cc(-n2nc3n(c2=O)CCOC3)c(F)cc1C(=O)O. The molecule has 0 aliphatic carbocycles. The molecule has 8 nitrogen and oxygen atoms in total. The van der Waals surface area contributed by atoms with Gasteiger partial charge in [0.1, 0.15) is 29.4 Å². The quantitative estimate of drug-likeness (QED) is 0.841. The van der Waals surface area contributed by atoms with Gasteiger partial charge in [0.2, 0.25) is 0 Å². The van der Waals surface area contributed by atoms with Crippen LogP contribution in [0.3, 0.4) is 0 Å². The molecule has 0 bridgehead atoms. The van der Waals surface area contributed by atoms with Crippen LogP contribution < -0.4 is 10.4 Å². The largest absolute Gasteiger partial charge is 0.490 e. The summed E-state index contributed by atoms with van der Waals surface area (Å²) in [6.45, 7) is 4.65. The Labute approximate surface area is 148 Å². The Morgan fingerprint density at radius 3 is 2.92 bits per heavy atom. The number of benzene rings is 1. The average Bonchev–Trinajstić information content (AvgIpc) is 2.93. The summed E-state index contributed by atoms with van der Waals surface area (Å²) in [4.78, 5) is 23.9. The Bertz CT molecular complexity index is 889. The zero-order valence-corrected chi connectivity index (χ0v) is 14.6. The van der Waals surface area contributed by atoms with Gasteiger partial charge in [-0.2, -0.15) is 4.68 Å². The van der Waals surface area contributed by atoms with Crippen molar-refractivity contribution >= 4 is 5.97 Å². The maximum Gasteiger partial charge on any atom is 0.350 e. The molecule has 1 atom stereocenters. The van der Waals surface area contributed by atoms with Crippen LogP contribution in [0.1, 0.15) is 42.9 Å². The van der Waals surface area contributed by atoms with E-state index in [0.29, 0.717) is 25.4 Å². The second kappa shape index (κ2) is 7.28. The normalized spacial score (nSPS) is 14.7. The van der Waals surface area contributed by atoms with Crippen LogP contribution in [0.5, 0.6) is 5.75 Å². The van der Waals surface area contributed by atoms with Gasteiger partial charge in [-0.25, -0.2) is 14.0 Å². The van der Waals surface area contributed by atoms with Crippen molar-refractivity contribution < 1.29 is 23.8 Å². The van der Waals surface area contributed by atoms with E-state index in [2.05, 4.69) is 5.10 Å². The van der Waals surface area contributed by atoms with Gasteiger partial charge in [0, 0.05) is 6.07 Å². The summed E-state index contributed by atoms with van der Waals surface area (Å²) < 4.78 is 27.8. The number of fused-ring (bicyclic) bond motifs is 1. The van der Waals surface area contributed by atoms with Crippen LogP contribution >= 0.6 is 0 Å². The van der Waals surface area contributed by atoms with Crippen LogP contribution in [-0.2, 0) is 17.9 Å². The predicted octanol–water partition coefficient (Wildman–Crippen LogP) is 1.97. The molecule has 0 radical (unpaired) electrons. The van der Waals surface area contributed by atoms with Crippen molar-refractivity contribution in [1.82, 2.24) is 14.3 Å². The lowest BCUT2D eigenvalue weighted by molar-refractivity contribution is 0.0688. The molecule has 0 amide bonds. The molecule has 0 unspecified atom stereocenters. The van der Waals surface area contributed by atoms with E-state index in [9.17, 15) is 19.1 Å². The molecular weight excluding hydrogens is 345 g/mol. The minimum Gasteiger partial charge on any atom is -0.490 e. The summed E-state index contributed by atoms with van der Waals surface area (Å²) in [5.41, 5.74) is -0.951.